The van der Waals surface area contributed by atoms with Crippen molar-refractivity contribution in [3.05, 3.63) is 41.5 Å². The monoisotopic (exact) mass is 245 g/mol. The van der Waals surface area contributed by atoms with E-state index in [1.165, 1.54) is 0 Å². The lowest BCUT2D eigenvalue weighted by molar-refractivity contribution is 0.0683. The number of carboxylic acid groups (broad SMARTS) is 1. The molecule has 0 spiro atoms. The van der Waals surface area contributed by atoms with E-state index in [4.69, 9.17) is 5.11 Å². The second-order valence-corrected chi connectivity index (χ2v) is 4.08. The molecule has 1 N–H and O–H groups in total. The van der Waals surface area contributed by atoms with E-state index in [2.05, 4.69) is 17.0 Å². The van der Waals surface area contributed by atoms with Gasteiger partial charge in [0.2, 0.25) is 0 Å². The maximum absolute atomic E-state index is 10.9. The van der Waals surface area contributed by atoms with E-state index in [0.29, 0.717) is 5.82 Å². The summed E-state index contributed by atoms with van der Waals surface area (Å²) in [6.07, 6.45) is 1.95. The first-order chi connectivity index (χ1) is 8.63. The van der Waals surface area contributed by atoms with Crippen LogP contribution in [-0.4, -0.2) is 25.8 Å². The number of benzene rings is 1. The minimum Gasteiger partial charge on any atom is -0.475 e. The predicted octanol–water partition coefficient (Wildman–Crippen LogP) is 2.23. The molecule has 1 aromatic carbocycles. The Morgan fingerprint density at radius 1 is 1.39 bits per heavy atom. The predicted molar refractivity (Wildman–Crippen MR) is 67.1 cm³/mol. The molecule has 0 saturated carbocycles. The summed E-state index contributed by atoms with van der Waals surface area (Å²) < 4.78 is 1.59. The number of aromatic nitrogens is 3. The fourth-order valence-corrected chi connectivity index (χ4v) is 1.91. The highest BCUT2D eigenvalue weighted by Crippen LogP contribution is 2.17. The lowest BCUT2D eigenvalue weighted by atomic mass is 10.1. The molecule has 0 unspecified atom stereocenters. The van der Waals surface area contributed by atoms with Crippen LogP contribution in [0.4, 0.5) is 0 Å². The lowest BCUT2D eigenvalue weighted by Crippen LogP contribution is -2.05. The molecule has 0 radical (unpaired) electrons. The van der Waals surface area contributed by atoms with Gasteiger partial charge in [0.15, 0.2) is 0 Å². The highest BCUT2D eigenvalue weighted by molar-refractivity contribution is 5.83. The van der Waals surface area contributed by atoms with Crippen molar-refractivity contribution < 1.29 is 9.90 Å². The topological polar surface area (TPSA) is 68.0 Å². The van der Waals surface area contributed by atoms with Crippen molar-refractivity contribution >= 4 is 5.97 Å². The number of para-hydroxylation sites is 1. The molecule has 0 amide bonds. The summed E-state index contributed by atoms with van der Waals surface area (Å²) in [6, 6.07) is 7.84. The Kier molecular flexibility index (Phi) is 3.41. The smallest absolute Gasteiger partial charge is 0.375 e. The van der Waals surface area contributed by atoms with Crippen LogP contribution in [0.2, 0.25) is 0 Å². The zero-order valence-corrected chi connectivity index (χ0v) is 10.4. The number of hydrogen-bond acceptors (Lipinski definition) is 3. The molecule has 18 heavy (non-hydrogen) atoms. The summed E-state index contributed by atoms with van der Waals surface area (Å²) in [5.74, 6) is -0.695. The lowest BCUT2D eigenvalue weighted by Gasteiger charge is -2.09. The number of rotatable bonds is 4. The largest absolute Gasteiger partial charge is 0.475 e. The number of aromatic carboxylic acids is 1. The summed E-state index contributed by atoms with van der Waals surface area (Å²) >= 11 is 0. The van der Waals surface area contributed by atoms with Gasteiger partial charge in [-0.15, -0.1) is 5.10 Å². The van der Waals surface area contributed by atoms with Gasteiger partial charge in [0.25, 0.3) is 5.82 Å². The second-order valence-electron chi connectivity index (χ2n) is 4.08. The number of carboxylic acids is 1. The van der Waals surface area contributed by atoms with E-state index < -0.39 is 5.97 Å². The third kappa shape index (κ3) is 2.25. The molecule has 0 bridgehead atoms. The Hall–Kier alpha value is -2.17. The van der Waals surface area contributed by atoms with Gasteiger partial charge in [-0.2, -0.15) is 0 Å². The standard InChI is InChI=1S/C13H15N3O2/c1-3-6-10-7-4-5-8-11(10)16-9(2)14-12(15-16)13(17)18/h4-5,7-8H,3,6H2,1-2H3,(H,17,18). The van der Waals surface area contributed by atoms with Crippen LogP contribution >= 0.6 is 0 Å². The Morgan fingerprint density at radius 3 is 2.72 bits per heavy atom. The van der Waals surface area contributed by atoms with Crippen LogP contribution in [0.5, 0.6) is 0 Å². The van der Waals surface area contributed by atoms with Gasteiger partial charge >= 0.3 is 5.97 Å². The van der Waals surface area contributed by atoms with Crippen molar-refractivity contribution in [2.75, 3.05) is 0 Å². The van der Waals surface area contributed by atoms with Gasteiger partial charge in [0.1, 0.15) is 5.82 Å². The van der Waals surface area contributed by atoms with Gasteiger partial charge in [-0.25, -0.2) is 14.5 Å². The van der Waals surface area contributed by atoms with Gasteiger partial charge in [-0.05, 0) is 25.0 Å². The fraction of sp³-hybridized carbons (Fsp3) is 0.308. The van der Waals surface area contributed by atoms with E-state index in [0.717, 1.165) is 24.1 Å². The molecule has 0 aliphatic carbocycles. The Morgan fingerprint density at radius 2 is 2.11 bits per heavy atom. The van der Waals surface area contributed by atoms with Crippen LogP contribution < -0.4 is 0 Å². The highest BCUT2D eigenvalue weighted by atomic mass is 16.4. The summed E-state index contributed by atoms with van der Waals surface area (Å²) in [4.78, 5) is 14.8. The molecule has 94 valence electrons. The first-order valence-corrected chi connectivity index (χ1v) is 5.88. The van der Waals surface area contributed by atoms with E-state index in [-0.39, 0.29) is 5.82 Å². The van der Waals surface area contributed by atoms with Crippen LogP contribution in [0, 0.1) is 6.92 Å². The zero-order valence-electron chi connectivity index (χ0n) is 10.4. The van der Waals surface area contributed by atoms with E-state index in [1.807, 2.05) is 24.3 Å². The number of aryl methyl sites for hydroxylation is 2. The Labute approximate surface area is 105 Å². The molecule has 2 aromatic rings. The van der Waals surface area contributed by atoms with E-state index >= 15 is 0 Å². The molecule has 0 atom stereocenters. The Balaban J connectivity index is 2.51. The fourth-order valence-electron chi connectivity index (χ4n) is 1.91. The minimum absolute atomic E-state index is 0.168. The SMILES string of the molecule is CCCc1ccccc1-n1nc(C(=O)O)nc1C. The molecule has 5 heteroatoms. The van der Waals surface area contributed by atoms with Crippen LogP contribution in [0.25, 0.3) is 5.69 Å². The van der Waals surface area contributed by atoms with E-state index in [1.54, 1.807) is 11.6 Å². The maximum Gasteiger partial charge on any atom is 0.375 e. The van der Waals surface area contributed by atoms with E-state index in [9.17, 15) is 4.79 Å². The molecule has 5 nitrogen and oxygen atoms in total. The van der Waals surface area contributed by atoms with Gasteiger partial charge in [-0.1, -0.05) is 31.5 Å². The molecule has 2 rings (SSSR count). The number of carbonyl (C=O) groups is 1. The third-order valence-electron chi connectivity index (χ3n) is 2.70. The summed E-state index contributed by atoms with van der Waals surface area (Å²) in [5, 5.41) is 12.9. The van der Waals surface area contributed by atoms with Gasteiger partial charge in [0, 0.05) is 0 Å². The quantitative estimate of drug-likeness (QED) is 0.896. The van der Waals surface area contributed by atoms with Crippen LogP contribution in [0.1, 0.15) is 35.4 Å². The maximum atomic E-state index is 10.9. The number of nitrogens with zero attached hydrogens (tertiary/aromatic N) is 3. The van der Waals surface area contributed by atoms with Crippen LogP contribution in [0.15, 0.2) is 24.3 Å². The molecule has 0 aliphatic rings. The normalized spacial score (nSPS) is 10.6. The highest BCUT2D eigenvalue weighted by Gasteiger charge is 2.15. The van der Waals surface area contributed by atoms with Crippen LogP contribution in [0.3, 0.4) is 0 Å². The van der Waals surface area contributed by atoms with Gasteiger partial charge < -0.3 is 5.11 Å². The van der Waals surface area contributed by atoms with Crippen molar-refractivity contribution in [3.8, 4) is 5.69 Å². The van der Waals surface area contributed by atoms with Crippen molar-refractivity contribution in [2.24, 2.45) is 0 Å². The Bertz CT molecular complexity index is 575. The second kappa shape index (κ2) is 5.00. The summed E-state index contributed by atoms with van der Waals surface area (Å²) in [7, 11) is 0. The zero-order chi connectivity index (χ0) is 13.1. The third-order valence-corrected chi connectivity index (χ3v) is 2.70. The van der Waals surface area contributed by atoms with Gasteiger partial charge in [-0.3, -0.25) is 0 Å². The first kappa shape index (κ1) is 12.3. The molecule has 0 fully saturated rings. The molecular formula is C13H15N3O2. The minimum atomic E-state index is -1.11. The molecule has 0 saturated heterocycles. The van der Waals surface area contributed by atoms with Crippen LogP contribution in [-0.2, 0) is 6.42 Å². The first-order valence-electron chi connectivity index (χ1n) is 5.88. The average molecular weight is 245 g/mol. The van der Waals surface area contributed by atoms with Crippen molar-refractivity contribution in [2.45, 2.75) is 26.7 Å². The van der Waals surface area contributed by atoms with Gasteiger partial charge in [0.05, 0.1) is 5.69 Å². The van der Waals surface area contributed by atoms with Crippen molar-refractivity contribution in [1.29, 1.82) is 0 Å². The summed E-state index contributed by atoms with van der Waals surface area (Å²) in [5.41, 5.74) is 2.04. The molecular weight excluding hydrogens is 230 g/mol. The number of hydrogen-bond donors (Lipinski definition) is 1. The molecule has 0 aliphatic heterocycles. The average Bonchev–Trinajstić information content (AvgIpc) is 2.73. The molecule has 1 aromatic heterocycles. The molecule has 1 heterocycles. The van der Waals surface area contributed by atoms with Crippen molar-refractivity contribution in [3.63, 3.8) is 0 Å². The van der Waals surface area contributed by atoms with Crippen molar-refractivity contribution in [1.82, 2.24) is 14.8 Å². The summed E-state index contributed by atoms with van der Waals surface area (Å²) in [6.45, 7) is 3.86.